The molecule has 0 aromatic heterocycles. The van der Waals surface area contributed by atoms with E-state index in [9.17, 15) is 8.42 Å². The first kappa shape index (κ1) is 21.5. The lowest BCUT2D eigenvalue weighted by molar-refractivity contribution is 0.0985. The van der Waals surface area contributed by atoms with Gasteiger partial charge in [-0.15, -0.1) is 0 Å². The molecule has 0 radical (unpaired) electrons. The third kappa shape index (κ3) is 4.19. The van der Waals surface area contributed by atoms with E-state index in [0.717, 1.165) is 20.6 Å². The standard InChI is InChI=1S/C22H27BrN4O2S/c1-16-4-7-20(8-5-16)30(28,29)27-12-10-26(11-13-27)17(2)22-24-21-9-6-19(23)14-18(21)15-25(22)3/h4-9,14-15,17,22H,10-13H2,1-3H3. The molecule has 0 aliphatic carbocycles. The molecular weight excluding hydrogens is 464 g/mol. The van der Waals surface area contributed by atoms with E-state index in [0.29, 0.717) is 31.1 Å². The monoisotopic (exact) mass is 490 g/mol. The molecule has 2 atom stereocenters. The van der Waals surface area contributed by atoms with E-state index in [4.69, 9.17) is 4.99 Å². The molecule has 8 heteroatoms. The van der Waals surface area contributed by atoms with Crippen LogP contribution in [0.3, 0.4) is 0 Å². The Morgan fingerprint density at radius 1 is 1.07 bits per heavy atom. The van der Waals surface area contributed by atoms with Crippen LogP contribution in [0, 0.1) is 6.92 Å². The number of nitrogens with zero attached hydrogens (tertiary/aromatic N) is 4. The summed E-state index contributed by atoms with van der Waals surface area (Å²) in [5.74, 6) is 0. The number of sulfonamides is 1. The van der Waals surface area contributed by atoms with Crippen molar-refractivity contribution in [3.63, 3.8) is 0 Å². The third-order valence-corrected chi connectivity index (χ3v) is 8.37. The van der Waals surface area contributed by atoms with E-state index >= 15 is 0 Å². The summed E-state index contributed by atoms with van der Waals surface area (Å²) < 4.78 is 28.6. The Balaban J connectivity index is 1.46. The van der Waals surface area contributed by atoms with Gasteiger partial charge in [0.25, 0.3) is 0 Å². The molecule has 2 aromatic rings. The highest BCUT2D eigenvalue weighted by molar-refractivity contribution is 9.10. The van der Waals surface area contributed by atoms with Gasteiger partial charge >= 0.3 is 0 Å². The minimum atomic E-state index is -3.45. The van der Waals surface area contributed by atoms with E-state index in [1.807, 2.05) is 38.2 Å². The van der Waals surface area contributed by atoms with Gasteiger partial charge in [-0.1, -0.05) is 33.6 Å². The molecule has 30 heavy (non-hydrogen) atoms. The zero-order chi connectivity index (χ0) is 21.5. The SMILES string of the molecule is Cc1ccc(S(=O)(=O)N2CCN(C(C)C3N=c4ccc(Br)cc4=CN3C)CC2)cc1. The summed E-state index contributed by atoms with van der Waals surface area (Å²) in [5, 5.41) is 2.10. The summed E-state index contributed by atoms with van der Waals surface area (Å²) in [4.78, 5) is 9.82. The minimum Gasteiger partial charge on any atom is -0.357 e. The van der Waals surface area contributed by atoms with Gasteiger partial charge in [-0.05, 0) is 44.2 Å². The van der Waals surface area contributed by atoms with Gasteiger partial charge in [0.2, 0.25) is 10.0 Å². The highest BCUT2D eigenvalue weighted by Crippen LogP contribution is 2.21. The maximum Gasteiger partial charge on any atom is 0.243 e. The first-order valence-corrected chi connectivity index (χ1v) is 12.4. The fourth-order valence-corrected chi connectivity index (χ4v) is 5.92. The highest BCUT2D eigenvalue weighted by Gasteiger charge is 2.33. The normalized spacial score (nSPS) is 21.5. The van der Waals surface area contributed by atoms with Crippen LogP contribution in [0.25, 0.3) is 6.20 Å². The van der Waals surface area contributed by atoms with Crippen LogP contribution in [0.2, 0.25) is 0 Å². The van der Waals surface area contributed by atoms with Crippen molar-refractivity contribution < 1.29 is 8.42 Å². The zero-order valence-electron chi connectivity index (χ0n) is 17.5. The van der Waals surface area contributed by atoms with Crippen molar-refractivity contribution in [1.29, 1.82) is 0 Å². The average molecular weight is 491 g/mol. The molecule has 0 N–H and O–H groups in total. The lowest BCUT2D eigenvalue weighted by Gasteiger charge is -2.41. The van der Waals surface area contributed by atoms with Gasteiger partial charge in [0, 0.05) is 55.2 Å². The van der Waals surface area contributed by atoms with Crippen LogP contribution in [0.1, 0.15) is 12.5 Å². The lowest BCUT2D eigenvalue weighted by Crippen LogP contribution is -2.57. The molecule has 0 saturated carbocycles. The van der Waals surface area contributed by atoms with E-state index in [-0.39, 0.29) is 12.2 Å². The predicted molar refractivity (Wildman–Crippen MR) is 122 cm³/mol. The van der Waals surface area contributed by atoms with Crippen LogP contribution in [-0.2, 0) is 10.0 Å². The Hall–Kier alpha value is -1.74. The van der Waals surface area contributed by atoms with Crippen molar-refractivity contribution in [1.82, 2.24) is 14.1 Å². The lowest BCUT2D eigenvalue weighted by atomic mass is 10.1. The zero-order valence-corrected chi connectivity index (χ0v) is 19.9. The molecule has 1 saturated heterocycles. The molecule has 0 bridgehead atoms. The summed E-state index contributed by atoms with van der Waals surface area (Å²) in [7, 11) is -1.40. The van der Waals surface area contributed by atoms with Crippen LogP contribution < -0.4 is 10.6 Å². The van der Waals surface area contributed by atoms with E-state index < -0.39 is 10.0 Å². The van der Waals surface area contributed by atoms with Crippen LogP contribution in [0.15, 0.2) is 56.8 Å². The summed E-state index contributed by atoms with van der Waals surface area (Å²) in [6.07, 6.45) is 2.13. The number of rotatable bonds is 4. The van der Waals surface area contributed by atoms with Gasteiger partial charge in [0.15, 0.2) is 0 Å². The van der Waals surface area contributed by atoms with Crippen molar-refractivity contribution >= 4 is 32.2 Å². The van der Waals surface area contributed by atoms with E-state index in [2.05, 4.69) is 44.9 Å². The van der Waals surface area contributed by atoms with Crippen molar-refractivity contribution in [2.24, 2.45) is 4.99 Å². The van der Waals surface area contributed by atoms with Crippen molar-refractivity contribution in [3.05, 3.63) is 63.1 Å². The van der Waals surface area contributed by atoms with Gasteiger partial charge in [-0.25, -0.2) is 8.42 Å². The summed E-state index contributed by atoms with van der Waals surface area (Å²) in [6, 6.07) is 13.4. The van der Waals surface area contributed by atoms with Gasteiger partial charge < -0.3 is 4.90 Å². The number of aryl methyl sites for hydroxylation is 1. The minimum absolute atomic E-state index is 0.000990. The molecule has 1 fully saturated rings. The summed E-state index contributed by atoms with van der Waals surface area (Å²) in [5.41, 5.74) is 1.05. The fourth-order valence-electron chi connectivity index (χ4n) is 4.12. The molecular formula is C22H27BrN4O2S. The summed E-state index contributed by atoms with van der Waals surface area (Å²) >= 11 is 3.52. The van der Waals surface area contributed by atoms with Crippen LogP contribution >= 0.6 is 15.9 Å². The smallest absolute Gasteiger partial charge is 0.243 e. The van der Waals surface area contributed by atoms with Gasteiger partial charge in [0.1, 0.15) is 6.17 Å². The molecule has 2 aromatic carbocycles. The molecule has 2 unspecified atom stereocenters. The van der Waals surface area contributed by atoms with Crippen LogP contribution in [0.5, 0.6) is 0 Å². The summed E-state index contributed by atoms with van der Waals surface area (Å²) in [6.45, 7) is 6.50. The first-order valence-electron chi connectivity index (χ1n) is 10.1. The Labute approximate surface area is 186 Å². The molecule has 4 rings (SSSR count). The molecule has 2 heterocycles. The number of likely N-dealkylation sites (N-methyl/N-ethyl adjacent to an activating group) is 1. The predicted octanol–water partition coefficient (Wildman–Crippen LogP) is 1.78. The second kappa shape index (κ2) is 8.42. The molecule has 2 aliphatic rings. The Morgan fingerprint density at radius 3 is 2.40 bits per heavy atom. The fraction of sp³-hybridized carbons (Fsp3) is 0.409. The quantitative estimate of drug-likeness (QED) is 0.655. The molecule has 160 valence electrons. The van der Waals surface area contributed by atoms with Crippen molar-refractivity contribution in [2.45, 2.75) is 31.0 Å². The van der Waals surface area contributed by atoms with Crippen LogP contribution in [0.4, 0.5) is 0 Å². The second-order valence-electron chi connectivity index (χ2n) is 8.03. The van der Waals surface area contributed by atoms with Gasteiger partial charge in [0.05, 0.1) is 10.3 Å². The Kier molecular flexibility index (Phi) is 6.03. The number of hydrogen-bond acceptors (Lipinski definition) is 5. The maximum absolute atomic E-state index is 13.0. The number of hydrogen-bond donors (Lipinski definition) is 0. The van der Waals surface area contributed by atoms with E-state index in [1.165, 1.54) is 0 Å². The molecule has 0 amide bonds. The number of halogens is 1. The Morgan fingerprint density at radius 2 is 1.73 bits per heavy atom. The van der Waals surface area contributed by atoms with Crippen molar-refractivity contribution in [3.8, 4) is 0 Å². The third-order valence-electron chi connectivity index (χ3n) is 5.96. The van der Waals surface area contributed by atoms with Crippen molar-refractivity contribution in [2.75, 3.05) is 33.2 Å². The second-order valence-corrected chi connectivity index (χ2v) is 10.9. The largest absolute Gasteiger partial charge is 0.357 e. The average Bonchev–Trinajstić information content (AvgIpc) is 2.73. The maximum atomic E-state index is 13.0. The first-order chi connectivity index (χ1) is 14.3. The van der Waals surface area contributed by atoms with Crippen LogP contribution in [-0.4, -0.2) is 68.0 Å². The Bertz CT molecular complexity index is 1140. The van der Waals surface area contributed by atoms with Gasteiger partial charge in [-0.2, -0.15) is 4.31 Å². The topological polar surface area (TPSA) is 56.2 Å². The number of fused-ring (bicyclic) bond motifs is 1. The highest BCUT2D eigenvalue weighted by atomic mass is 79.9. The number of benzene rings is 2. The number of piperazine rings is 1. The van der Waals surface area contributed by atoms with Gasteiger partial charge in [-0.3, -0.25) is 9.89 Å². The molecule has 2 aliphatic heterocycles. The molecule has 0 spiro atoms. The van der Waals surface area contributed by atoms with E-state index in [1.54, 1.807) is 16.4 Å². The molecule has 6 nitrogen and oxygen atoms in total.